The standard InChI is InChI=1S/C3H2Cl4Si2/c4-2(5,8)1-3(6,7)9/h1H2. The van der Waals surface area contributed by atoms with Gasteiger partial charge in [0.15, 0.2) is 0 Å². The average Bonchev–Trinajstić information content (AvgIpc) is 1.14. The fourth-order valence-electron chi connectivity index (χ4n) is 0.279. The SMILES string of the molecule is [Si]C(Cl)(Cl)CC([Si])(Cl)Cl. The van der Waals surface area contributed by atoms with Crippen molar-refractivity contribution in [2.45, 2.75) is 14.3 Å². The van der Waals surface area contributed by atoms with Gasteiger partial charge in [0.25, 0.3) is 0 Å². The monoisotopic (exact) mass is 234 g/mol. The molecule has 50 valence electrons. The summed E-state index contributed by atoms with van der Waals surface area (Å²) in [5, 5.41) is 0. The molecule has 0 amide bonds. The van der Waals surface area contributed by atoms with Crippen molar-refractivity contribution in [2.75, 3.05) is 0 Å². The van der Waals surface area contributed by atoms with Gasteiger partial charge in [0.05, 0.1) is 20.5 Å². The van der Waals surface area contributed by atoms with Crippen LogP contribution < -0.4 is 0 Å². The van der Waals surface area contributed by atoms with Crippen molar-refractivity contribution >= 4 is 66.9 Å². The van der Waals surface area contributed by atoms with E-state index < -0.39 is 7.91 Å². The Hall–Kier alpha value is 1.59. The molecule has 0 unspecified atom stereocenters. The van der Waals surface area contributed by atoms with Crippen LogP contribution in [0.15, 0.2) is 0 Å². The van der Waals surface area contributed by atoms with Crippen LogP contribution in [0.2, 0.25) is 0 Å². The Morgan fingerprint density at radius 3 is 1.11 bits per heavy atom. The quantitative estimate of drug-likeness (QED) is 0.508. The molecule has 0 saturated carbocycles. The van der Waals surface area contributed by atoms with Crippen molar-refractivity contribution < 1.29 is 0 Å². The number of hydrogen-bond donors (Lipinski definition) is 0. The maximum Gasteiger partial charge on any atom is 0.102 e. The number of halogens is 4. The van der Waals surface area contributed by atoms with E-state index in [1.165, 1.54) is 0 Å². The lowest BCUT2D eigenvalue weighted by Gasteiger charge is -2.20. The summed E-state index contributed by atoms with van der Waals surface area (Å²) in [4.78, 5) is 0. The first-order valence-corrected chi connectivity index (χ1v) is 4.47. The van der Waals surface area contributed by atoms with Crippen LogP contribution in [-0.2, 0) is 0 Å². The molecule has 0 heterocycles. The molecule has 0 atom stereocenters. The summed E-state index contributed by atoms with van der Waals surface area (Å²) in [6.45, 7) is 0. The van der Waals surface area contributed by atoms with Crippen molar-refractivity contribution in [1.29, 1.82) is 0 Å². The zero-order valence-electron chi connectivity index (χ0n) is 4.22. The highest BCUT2D eigenvalue weighted by atomic mass is 35.5. The fraction of sp³-hybridized carbons (Fsp3) is 1.00. The second kappa shape index (κ2) is 3.33. The van der Waals surface area contributed by atoms with Gasteiger partial charge in [-0.3, -0.25) is 0 Å². The first-order valence-electron chi connectivity index (χ1n) is 1.96. The third-order valence-corrected chi connectivity index (χ3v) is 1.33. The predicted molar refractivity (Wildman–Crippen MR) is 45.0 cm³/mol. The van der Waals surface area contributed by atoms with Crippen LogP contribution in [0.3, 0.4) is 0 Å². The van der Waals surface area contributed by atoms with Gasteiger partial charge in [-0.15, -0.1) is 46.4 Å². The van der Waals surface area contributed by atoms with Gasteiger partial charge in [-0.05, 0) is 0 Å². The van der Waals surface area contributed by atoms with Crippen LogP contribution in [0.25, 0.3) is 0 Å². The van der Waals surface area contributed by atoms with Gasteiger partial charge in [0.2, 0.25) is 0 Å². The van der Waals surface area contributed by atoms with E-state index in [4.69, 9.17) is 46.4 Å². The molecule has 9 heavy (non-hydrogen) atoms. The summed E-state index contributed by atoms with van der Waals surface area (Å²) < 4.78 is -2.16. The van der Waals surface area contributed by atoms with Gasteiger partial charge in [-0.1, -0.05) is 0 Å². The largest absolute Gasteiger partial charge is 0.107 e. The third-order valence-electron chi connectivity index (χ3n) is 0.444. The third kappa shape index (κ3) is 9.59. The molecule has 0 rings (SSSR count). The summed E-state index contributed by atoms with van der Waals surface area (Å²) in [5.41, 5.74) is 0. The van der Waals surface area contributed by atoms with Crippen molar-refractivity contribution in [3.8, 4) is 0 Å². The smallest absolute Gasteiger partial charge is 0.102 e. The minimum absolute atomic E-state index is 0.181. The van der Waals surface area contributed by atoms with Crippen molar-refractivity contribution in [1.82, 2.24) is 0 Å². The molecule has 0 aromatic carbocycles. The van der Waals surface area contributed by atoms with Crippen molar-refractivity contribution in [3.63, 3.8) is 0 Å². The normalized spacial score (nSPS) is 14.0. The summed E-state index contributed by atoms with van der Waals surface area (Å²) in [7, 11) is 5.99. The number of rotatable bonds is 2. The Morgan fingerprint density at radius 1 is 0.889 bits per heavy atom. The zero-order valence-corrected chi connectivity index (χ0v) is 9.24. The van der Waals surface area contributed by atoms with E-state index in [0.29, 0.717) is 0 Å². The van der Waals surface area contributed by atoms with E-state index in [-0.39, 0.29) is 6.42 Å². The van der Waals surface area contributed by atoms with Crippen LogP contribution in [0.5, 0.6) is 0 Å². The summed E-state index contributed by atoms with van der Waals surface area (Å²) >= 11 is 22.0. The molecule has 6 heteroatoms. The molecule has 0 bridgehead atoms. The molecule has 0 aliphatic carbocycles. The van der Waals surface area contributed by atoms with Crippen LogP contribution >= 0.6 is 46.4 Å². The lowest BCUT2D eigenvalue weighted by molar-refractivity contribution is 0.887. The molecule has 0 nitrogen and oxygen atoms in total. The highest BCUT2D eigenvalue weighted by Crippen LogP contribution is 2.32. The molecule has 0 aromatic rings. The van der Waals surface area contributed by atoms with Gasteiger partial charge in [-0.2, -0.15) is 0 Å². The Bertz CT molecular complexity index is 79.0. The first kappa shape index (κ1) is 10.6. The Kier molecular flexibility index (Phi) is 3.92. The van der Waals surface area contributed by atoms with Gasteiger partial charge in [-0.25, -0.2) is 0 Å². The van der Waals surface area contributed by atoms with Crippen LogP contribution in [0.1, 0.15) is 6.42 Å². The van der Waals surface area contributed by atoms with Crippen molar-refractivity contribution in [2.24, 2.45) is 0 Å². The maximum absolute atomic E-state index is 5.50. The molecular weight excluding hydrogens is 234 g/mol. The summed E-state index contributed by atoms with van der Waals surface area (Å²) in [6.07, 6.45) is 0.181. The number of hydrogen-bond acceptors (Lipinski definition) is 0. The average molecular weight is 236 g/mol. The van der Waals surface area contributed by atoms with Crippen LogP contribution in [0, 0.1) is 0 Å². The molecule has 0 aromatic heterocycles. The van der Waals surface area contributed by atoms with E-state index in [2.05, 4.69) is 20.5 Å². The topological polar surface area (TPSA) is 0 Å². The zero-order chi connectivity index (χ0) is 7.71. The second-order valence-electron chi connectivity index (χ2n) is 1.59. The van der Waals surface area contributed by atoms with Crippen molar-refractivity contribution in [3.05, 3.63) is 0 Å². The molecular formula is C3H2Cl4Si2. The lowest BCUT2D eigenvalue weighted by atomic mass is 10.5. The Balaban J connectivity index is 3.75. The lowest BCUT2D eigenvalue weighted by Crippen LogP contribution is -2.25. The highest BCUT2D eigenvalue weighted by molar-refractivity contribution is 6.69. The highest BCUT2D eigenvalue weighted by Gasteiger charge is 2.28. The minimum atomic E-state index is -1.08. The molecule has 0 spiro atoms. The molecule has 0 saturated heterocycles. The Morgan fingerprint density at radius 2 is 1.11 bits per heavy atom. The Labute approximate surface area is 81.0 Å². The maximum atomic E-state index is 5.50. The van der Waals surface area contributed by atoms with E-state index in [0.717, 1.165) is 0 Å². The first-order chi connectivity index (χ1) is 3.71. The number of alkyl halides is 4. The fourth-order valence-corrected chi connectivity index (χ4v) is 2.51. The predicted octanol–water partition coefficient (Wildman–Crippen LogP) is 1.98. The molecule has 0 aliphatic heterocycles. The summed E-state index contributed by atoms with van der Waals surface area (Å²) in [5.74, 6) is 0. The van der Waals surface area contributed by atoms with Gasteiger partial charge >= 0.3 is 0 Å². The van der Waals surface area contributed by atoms with E-state index in [1.807, 2.05) is 0 Å². The van der Waals surface area contributed by atoms with Gasteiger partial charge in [0.1, 0.15) is 7.91 Å². The molecule has 0 fully saturated rings. The molecule has 0 N–H and O–H groups in total. The van der Waals surface area contributed by atoms with Crippen LogP contribution in [-0.4, -0.2) is 28.4 Å². The van der Waals surface area contributed by atoms with Crippen LogP contribution in [0.4, 0.5) is 0 Å². The minimum Gasteiger partial charge on any atom is -0.107 e. The molecule has 6 radical (unpaired) electrons. The molecule has 0 aliphatic rings. The second-order valence-corrected chi connectivity index (χ2v) is 7.53. The van der Waals surface area contributed by atoms with Gasteiger partial charge in [0, 0.05) is 6.42 Å². The van der Waals surface area contributed by atoms with E-state index in [9.17, 15) is 0 Å². The summed E-state index contributed by atoms with van der Waals surface area (Å²) in [6, 6.07) is 0. The van der Waals surface area contributed by atoms with Gasteiger partial charge < -0.3 is 0 Å². The van der Waals surface area contributed by atoms with E-state index >= 15 is 0 Å². The van der Waals surface area contributed by atoms with E-state index in [1.54, 1.807) is 0 Å².